The molecule has 33 heavy (non-hydrogen) atoms. The molecular formula is C25H29N5O3. The molecule has 0 bridgehead atoms. The van der Waals surface area contributed by atoms with Gasteiger partial charge in [-0.15, -0.1) is 0 Å². The highest BCUT2D eigenvalue weighted by molar-refractivity contribution is 5.94. The van der Waals surface area contributed by atoms with Gasteiger partial charge in [-0.3, -0.25) is 9.59 Å². The highest BCUT2D eigenvalue weighted by Crippen LogP contribution is 2.38. The topological polar surface area (TPSA) is 110 Å². The molecule has 3 aromatic rings. The van der Waals surface area contributed by atoms with Crippen molar-refractivity contribution < 1.29 is 14.1 Å². The zero-order valence-corrected chi connectivity index (χ0v) is 19.6. The highest BCUT2D eigenvalue weighted by atomic mass is 16.5. The maximum atomic E-state index is 12.4. The quantitative estimate of drug-likeness (QED) is 0.584. The number of carbonyl (C=O) groups is 2. The Bertz CT molecular complexity index is 1190. The van der Waals surface area contributed by atoms with Crippen molar-refractivity contribution in [3.8, 4) is 11.1 Å². The van der Waals surface area contributed by atoms with Crippen LogP contribution < -0.4 is 10.6 Å². The zero-order valence-electron chi connectivity index (χ0n) is 19.6. The molecule has 0 saturated heterocycles. The molecule has 1 aliphatic carbocycles. The molecule has 0 aliphatic heterocycles. The number of hydrogen-bond acceptors (Lipinski definition) is 6. The molecule has 1 saturated carbocycles. The largest absolute Gasteiger partial charge is 0.345 e. The predicted octanol–water partition coefficient (Wildman–Crippen LogP) is 4.26. The fourth-order valence-electron chi connectivity index (χ4n) is 3.53. The number of aromatic nitrogens is 3. The van der Waals surface area contributed by atoms with E-state index in [0.717, 1.165) is 28.7 Å². The number of aryl methyl sites for hydroxylation is 1. The number of nitrogens with one attached hydrogen (secondary N) is 2. The second kappa shape index (κ2) is 8.77. The number of hydrogen-bond donors (Lipinski definition) is 2. The van der Waals surface area contributed by atoms with E-state index in [2.05, 4.69) is 38.7 Å². The molecule has 1 aromatic carbocycles. The maximum absolute atomic E-state index is 12.4. The standard InChI is InChI=1S/C25H29N5O3/c1-14-10-16(17-8-9-26-20(12-17)28-22(31)19-11-15(19)2)6-7-18(14)13-27-23(32)21-29-24(33-30-21)25(3,4)5/h6-10,12,15,19H,11,13H2,1-5H3,(H,27,32)(H,26,28,31)/t15-,19-/m1/s1. The number of benzene rings is 1. The third-order valence-corrected chi connectivity index (χ3v) is 5.84. The van der Waals surface area contributed by atoms with Crippen molar-refractivity contribution in [2.75, 3.05) is 5.32 Å². The van der Waals surface area contributed by atoms with Gasteiger partial charge in [-0.05, 0) is 53.6 Å². The van der Waals surface area contributed by atoms with Crippen molar-refractivity contribution in [2.24, 2.45) is 11.8 Å². The van der Waals surface area contributed by atoms with Gasteiger partial charge < -0.3 is 15.2 Å². The van der Waals surface area contributed by atoms with Crippen LogP contribution in [0.3, 0.4) is 0 Å². The Morgan fingerprint density at radius 1 is 1.15 bits per heavy atom. The first-order valence-electron chi connectivity index (χ1n) is 11.1. The van der Waals surface area contributed by atoms with E-state index >= 15 is 0 Å². The lowest BCUT2D eigenvalue weighted by molar-refractivity contribution is -0.117. The van der Waals surface area contributed by atoms with Gasteiger partial charge in [-0.2, -0.15) is 4.98 Å². The molecule has 1 aliphatic rings. The minimum atomic E-state index is -0.378. The summed E-state index contributed by atoms with van der Waals surface area (Å²) in [5.74, 6) is 1.21. The summed E-state index contributed by atoms with van der Waals surface area (Å²) < 4.78 is 5.19. The molecule has 2 N–H and O–H groups in total. The average molecular weight is 448 g/mol. The van der Waals surface area contributed by atoms with E-state index in [9.17, 15) is 9.59 Å². The minimum absolute atomic E-state index is 0.0288. The summed E-state index contributed by atoms with van der Waals surface area (Å²) in [6.07, 6.45) is 2.63. The van der Waals surface area contributed by atoms with Crippen molar-refractivity contribution in [2.45, 2.75) is 53.0 Å². The third kappa shape index (κ3) is 5.27. The first-order valence-corrected chi connectivity index (χ1v) is 11.1. The van der Waals surface area contributed by atoms with Crippen LogP contribution in [0.1, 0.15) is 61.8 Å². The molecule has 4 rings (SSSR count). The summed E-state index contributed by atoms with van der Waals surface area (Å²) in [7, 11) is 0. The van der Waals surface area contributed by atoms with E-state index in [1.807, 2.05) is 52.0 Å². The van der Waals surface area contributed by atoms with E-state index in [-0.39, 0.29) is 29.0 Å². The molecule has 0 radical (unpaired) electrons. The van der Waals surface area contributed by atoms with Gasteiger partial charge in [0.2, 0.25) is 11.8 Å². The number of nitrogens with zero attached hydrogens (tertiary/aromatic N) is 3. The van der Waals surface area contributed by atoms with Crippen molar-refractivity contribution in [1.82, 2.24) is 20.4 Å². The van der Waals surface area contributed by atoms with E-state index in [4.69, 9.17) is 4.52 Å². The monoisotopic (exact) mass is 447 g/mol. The Morgan fingerprint density at radius 2 is 1.88 bits per heavy atom. The Hall–Kier alpha value is -3.55. The molecular weight excluding hydrogens is 418 g/mol. The first-order chi connectivity index (χ1) is 15.6. The highest BCUT2D eigenvalue weighted by Gasteiger charge is 2.39. The molecule has 2 atom stereocenters. The van der Waals surface area contributed by atoms with Gasteiger partial charge >= 0.3 is 0 Å². The van der Waals surface area contributed by atoms with Gasteiger partial charge in [0, 0.05) is 24.1 Å². The van der Waals surface area contributed by atoms with Crippen molar-refractivity contribution in [3.05, 3.63) is 59.4 Å². The third-order valence-electron chi connectivity index (χ3n) is 5.84. The molecule has 8 heteroatoms. The van der Waals surface area contributed by atoms with Gasteiger partial charge in [0.25, 0.3) is 11.7 Å². The van der Waals surface area contributed by atoms with E-state index < -0.39 is 0 Å². The van der Waals surface area contributed by atoms with E-state index in [1.54, 1.807) is 6.20 Å². The smallest absolute Gasteiger partial charge is 0.292 e. The van der Waals surface area contributed by atoms with Crippen molar-refractivity contribution >= 4 is 17.6 Å². The van der Waals surface area contributed by atoms with Crippen molar-refractivity contribution in [3.63, 3.8) is 0 Å². The summed E-state index contributed by atoms with van der Waals surface area (Å²) in [6.45, 7) is 10.3. The van der Waals surface area contributed by atoms with Gasteiger partial charge in [0.05, 0.1) is 0 Å². The summed E-state index contributed by atoms with van der Waals surface area (Å²) in [4.78, 5) is 33.1. The van der Waals surface area contributed by atoms with Gasteiger partial charge in [0.1, 0.15) is 5.82 Å². The molecule has 2 amide bonds. The lowest BCUT2D eigenvalue weighted by atomic mass is 9.97. The molecule has 0 unspecified atom stereocenters. The fourth-order valence-corrected chi connectivity index (χ4v) is 3.53. The van der Waals surface area contributed by atoms with Crippen LogP contribution in [0.15, 0.2) is 41.1 Å². The van der Waals surface area contributed by atoms with Crippen LogP contribution in [-0.4, -0.2) is 26.9 Å². The van der Waals surface area contributed by atoms with E-state index in [0.29, 0.717) is 24.2 Å². The van der Waals surface area contributed by atoms with Gasteiger partial charge in [0.15, 0.2) is 0 Å². The summed E-state index contributed by atoms with van der Waals surface area (Å²) >= 11 is 0. The molecule has 0 spiro atoms. The summed E-state index contributed by atoms with van der Waals surface area (Å²) in [5, 5.41) is 9.55. The lowest BCUT2D eigenvalue weighted by Crippen LogP contribution is -2.24. The van der Waals surface area contributed by atoms with Crippen LogP contribution in [0.2, 0.25) is 0 Å². The normalized spacial score (nSPS) is 17.5. The average Bonchev–Trinajstić information content (AvgIpc) is 3.28. The lowest BCUT2D eigenvalue weighted by Gasteiger charge is -2.11. The predicted molar refractivity (Wildman–Crippen MR) is 124 cm³/mol. The zero-order chi connectivity index (χ0) is 23.8. The van der Waals surface area contributed by atoms with Crippen molar-refractivity contribution in [1.29, 1.82) is 0 Å². The Labute approximate surface area is 193 Å². The molecule has 1 fully saturated rings. The number of amides is 2. The second-order valence-electron chi connectivity index (χ2n) is 9.74. The van der Waals surface area contributed by atoms with Crippen LogP contribution in [0.4, 0.5) is 5.82 Å². The Morgan fingerprint density at radius 3 is 2.52 bits per heavy atom. The summed E-state index contributed by atoms with van der Waals surface area (Å²) in [5.41, 5.74) is 3.67. The Kier molecular flexibility index (Phi) is 6.01. The number of pyridine rings is 1. The molecule has 172 valence electrons. The van der Waals surface area contributed by atoms with Crippen LogP contribution in [0.5, 0.6) is 0 Å². The second-order valence-corrected chi connectivity index (χ2v) is 9.74. The van der Waals surface area contributed by atoms with Gasteiger partial charge in [-0.1, -0.05) is 51.1 Å². The minimum Gasteiger partial charge on any atom is -0.345 e. The number of anilines is 1. The molecule has 2 heterocycles. The van der Waals surface area contributed by atoms with Gasteiger partial charge in [-0.25, -0.2) is 4.98 Å². The van der Waals surface area contributed by atoms with Crippen LogP contribution in [0.25, 0.3) is 11.1 Å². The number of carbonyl (C=O) groups excluding carboxylic acids is 2. The summed E-state index contributed by atoms with van der Waals surface area (Å²) in [6, 6.07) is 9.81. The maximum Gasteiger partial charge on any atom is 0.292 e. The molecule has 2 aromatic heterocycles. The van der Waals surface area contributed by atoms with Crippen LogP contribution in [-0.2, 0) is 16.8 Å². The fraction of sp³-hybridized carbons (Fsp3) is 0.400. The number of rotatable bonds is 6. The van der Waals surface area contributed by atoms with Crippen LogP contribution in [0, 0.1) is 18.8 Å². The molecule has 8 nitrogen and oxygen atoms in total. The Balaban J connectivity index is 1.41. The first kappa shape index (κ1) is 22.6. The van der Waals surface area contributed by atoms with Crippen LogP contribution >= 0.6 is 0 Å². The SMILES string of the molecule is Cc1cc(-c2ccnc(NC(=O)[C@@H]3C[C@H]3C)c2)ccc1CNC(=O)c1noc(C(C)(C)C)n1. The van der Waals surface area contributed by atoms with E-state index in [1.165, 1.54) is 0 Å².